The second-order valence-electron chi connectivity index (χ2n) is 20.0. The number of carbonyl (C=O) groups is 1. The van der Waals surface area contributed by atoms with E-state index < -0.39 is 71.7 Å². The van der Waals surface area contributed by atoms with Crippen LogP contribution in [-0.2, 0) is 27.1 Å². The molecule has 3 aliphatic carbocycles. The van der Waals surface area contributed by atoms with Crippen molar-refractivity contribution in [2.75, 3.05) is 32.1 Å². The second kappa shape index (κ2) is 19.9. The third-order valence-electron chi connectivity index (χ3n) is 16.3. The first-order valence-corrected chi connectivity index (χ1v) is 26.7. The summed E-state index contributed by atoms with van der Waals surface area (Å²) in [7, 11) is 3.36. The van der Waals surface area contributed by atoms with Crippen LogP contribution in [-0.4, -0.2) is 121 Å². The van der Waals surface area contributed by atoms with Crippen molar-refractivity contribution in [3.8, 4) is 11.5 Å². The molecule has 0 radical (unpaired) electrons. The molecule has 4 fully saturated rings. The zero-order valence-electron chi connectivity index (χ0n) is 38.2. The van der Waals surface area contributed by atoms with E-state index >= 15 is 0 Å². The topological polar surface area (TPSA) is 201 Å². The minimum absolute atomic E-state index is 0.00880. The molecule has 3 aliphatic heterocycles. The van der Waals surface area contributed by atoms with Crippen LogP contribution >= 0.6 is 21.6 Å². The van der Waals surface area contributed by atoms with E-state index in [4.69, 9.17) is 23.4 Å². The predicted molar refractivity (Wildman–Crippen MR) is 253 cm³/mol. The van der Waals surface area contributed by atoms with Crippen LogP contribution in [0.25, 0.3) is 11.0 Å². The van der Waals surface area contributed by atoms with E-state index in [9.17, 15) is 35.4 Å². The van der Waals surface area contributed by atoms with E-state index in [2.05, 4.69) is 36.5 Å². The highest BCUT2D eigenvalue weighted by atomic mass is 33.1. The molecule has 15 heteroatoms. The molecule has 0 unspecified atom stereocenters. The number of allylic oxidation sites excluding steroid dienone is 1. The van der Waals surface area contributed by atoms with E-state index in [1.165, 1.54) is 5.56 Å². The zero-order valence-corrected chi connectivity index (χ0v) is 39.9. The van der Waals surface area contributed by atoms with Gasteiger partial charge in [-0.25, -0.2) is 0 Å². The molecule has 5 bridgehead atoms. The first-order chi connectivity index (χ1) is 31.9. The summed E-state index contributed by atoms with van der Waals surface area (Å²) in [5.74, 6) is -2.09. The quantitative estimate of drug-likeness (QED) is 0.0757. The smallest absolute Gasteiger partial charge is 0.306 e. The van der Waals surface area contributed by atoms with E-state index in [1.54, 1.807) is 42.2 Å². The maximum Gasteiger partial charge on any atom is 0.306 e. The lowest BCUT2D eigenvalue weighted by Crippen LogP contribution is -2.86. The van der Waals surface area contributed by atoms with Gasteiger partial charge in [0.05, 0.1) is 25.1 Å². The highest BCUT2D eigenvalue weighted by Crippen LogP contribution is 2.63. The first-order valence-electron chi connectivity index (χ1n) is 24.4. The molecule has 2 saturated heterocycles. The van der Waals surface area contributed by atoms with E-state index in [0.717, 1.165) is 51.4 Å². The highest BCUT2D eigenvalue weighted by molar-refractivity contribution is 8.77. The summed E-state index contributed by atoms with van der Waals surface area (Å²) in [6.45, 7) is 4.38. The van der Waals surface area contributed by atoms with Gasteiger partial charge in [-0.3, -0.25) is 4.79 Å². The van der Waals surface area contributed by atoms with Crippen LogP contribution in [0.15, 0.2) is 65.3 Å². The third kappa shape index (κ3) is 8.53. The van der Waals surface area contributed by atoms with Gasteiger partial charge in [0.25, 0.3) is 0 Å². The normalized spacial score (nSPS) is 39.4. The maximum atomic E-state index is 13.5. The van der Waals surface area contributed by atoms with Gasteiger partial charge < -0.3 is 59.3 Å². The van der Waals surface area contributed by atoms with Crippen molar-refractivity contribution in [2.24, 2.45) is 29.6 Å². The number of ether oxygens (including phenoxy) is 4. The Morgan fingerprint density at radius 3 is 2.62 bits per heavy atom. The fourth-order valence-corrected chi connectivity index (χ4v) is 17.1. The molecule has 362 valence electrons. The Morgan fingerprint density at radius 2 is 1.82 bits per heavy atom. The molecule has 9 rings (SSSR count). The fraction of sp³-hybridized carbons (Fsp3) is 0.667. The van der Waals surface area contributed by atoms with Gasteiger partial charge in [0, 0.05) is 53.3 Å². The van der Waals surface area contributed by atoms with Crippen LogP contribution in [0.4, 0.5) is 0 Å². The number of benzene rings is 2. The molecule has 2 spiro atoms. The van der Waals surface area contributed by atoms with Gasteiger partial charge in [0.2, 0.25) is 12.0 Å². The van der Waals surface area contributed by atoms with Crippen LogP contribution in [0.3, 0.4) is 0 Å². The molecule has 6 aliphatic rings. The summed E-state index contributed by atoms with van der Waals surface area (Å²) >= 11 is 0. The molecule has 0 amide bonds. The lowest BCUT2D eigenvalue weighted by molar-refractivity contribution is -0.424. The van der Waals surface area contributed by atoms with Crippen molar-refractivity contribution in [3.63, 3.8) is 0 Å². The van der Waals surface area contributed by atoms with Gasteiger partial charge in [-0.2, -0.15) is 0 Å². The molecule has 2 aromatic carbocycles. The summed E-state index contributed by atoms with van der Waals surface area (Å²) < 4.78 is 32.2. The Balaban J connectivity index is 1.23. The summed E-state index contributed by atoms with van der Waals surface area (Å²) in [6, 6.07) is 14.3. The number of esters is 1. The second-order valence-corrected chi connectivity index (χ2v) is 22.7. The molecular weight excluding hydrogens is 883 g/mol. The number of carbonyl (C=O) groups excluding carboxylic acids is 1. The summed E-state index contributed by atoms with van der Waals surface area (Å²) in [5.41, 5.74) is -4.40. The Morgan fingerprint density at radius 1 is 0.985 bits per heavy atom. The monoisotopic (exact) mass is 951 g/mol. The number of rotatable bonds is 8. The Bertz CT molecular complexity index is 2180. The number of hydrogen-bond acceptors (Lipinski definition) is 15. The van der Waals surface area contributed by atoms with Gasteiger partial charge in [0.1, 0.15) is 23.9 Å². The van der Waals surface area contributed by atoms with Crippen LogP contribution in [0.5, 0.6) is 11.5 Å². The van der Waals surface area contributed by atoms with E-state index in [-0.39, 0.29) is 66.9 Å². The molecule has 14 atom stereocenters. The van der Waals surface area contributed by atoms with Crippen molar-refractivity contribution in [1.82, 2.24) is 5.32 Å². The van der Waals surface area contributed by atoms with Gasteiger partial charge in [-0.15, -0.1) is 0 Å². The summed E-state index contributed by atoms with van der Waals surface area (Å²) in [5, 5.41) is 79.7. The van der Waals surface area contributed by atoms with Crippen LogP contribution in [0, 0.1) is 29.6 Å². The number of hydrogen-bond donors (Lipinski definition) is 7. The minimum atomic E-state index is -2.46. The largest absolute Gasteiger partial charge is 0.485 e. The SMILES string of the molecule is CCOC(=O)CCc1cc2ccoc2c2c1O[C@@H]1O[C@@]3(CSS[C@@]4(CCC[C@H]4CCc4ccccc4)[C@H](CC[C@@H](C)CCC[C@H]3O)NCCO2)[C@]2(O)C[C@@H]3C=C[C@@H](O)[C@H](CO)[C@H]3[C@@]1(O)[C@H]2O. The fourth-order valence-electron chi connectivity index (χ4n) is 12.8. The number of aryl methyl sites for hydroxylation is 2. The number of furan rings is 1. The molecule has 1 aromatic heterocycles. The summed E-state index contributed by atoms with van der Waals surface area (Å²) in [6.07, 6.45) is 7.25. The molecular formula is C51H69NO12S2. The zero-order chi connectivity index (χ0) is 46.3. The Hall–Kier alpha value is -2.83. The van der Waals surface area contributed by atoms with Crippen LogP contribution in [0.2, 0.25) is 0 Å². The average Bonchev–Trinajstić information content (AvgIpc) is 3.96. The maximum absolute atomic E-state index is 13.5. The lowest BCUT2D eigenvalue weighted by Gasteiger charge is -2.67. The Kier molecular flexibility index (Phi) is 14.5. The first kappa shape index (κ1) is 48.2. The average molecular weight is 952 g/mol. The number of nitrogens with one attached hydrogen (secondary N) is 1. The minimum Gasteiger partial charge on any atom is -0.485 e. The van der Waals surface area contributed by atoms with Crippen molar-refractivity contribution < 1.29 is 58.8 Å². The van der Waals surface area contributed by atoms with E-state index in [1.807, 2.05) is 22.9 Å². The van der Waals surface area contributed by atoms with Gasteiger partial charge in [0.15, 0.2) is 16.9 Å². The van der Waals surface area contributed by atoms with Gasteiger partial charge in [-0.05, 0) is 106 Å². The van der Waals surface area contributed by atoms with Crippen LogP contribution < -0.4 is 14.8 Å². The summed E-state index contributed by atoms with van der Waals surface area (Å²) in [4.78, 5) is 12.9. The molecule has 4 heterocycles. The van der Waals surface area contributed by atoms with Crippen molar-refractivity contribution in [3.05, 3.63) is 72.0 Å². The molecule has 2 saturated carbocycles. The van der Waals surface area contributed by atoms with Crippen molar-refractivity contribution in [1.29, 1.82) is 0 Å². The van der Waals surface area contributed by atoms with Crippen LogP contribution in [0.1, 0.15) is 95.6 Å². The lowest BCUT2D eigenvalue weighted by atomic mass is 9.50. The third-order valence-corrected chi connectivity index (χ3v) is 19.7. The number of fused-ring (bicyclic) bond motifs is 11. The van der Waals surface area contributed by atoms with E-state index in [0.29, 0.717) is 41.3 Å². The van der Waals surface area contributed by atoms with Crippen molar-refractivity contribution >= 4 is 38.5 Å². The molecule has 7 N–H and O–H groups in total. The van der Waals surface area contributed by atoms with Gasteiger partial charge >= 0.3 is 5.97 Å². The Labute approximate surface area is 395 Å². The molecule has 66 heavy (non-hydrogen) atoms. The van der Waals surface area contributed by atoms with Gasteiger partial charge in [-0.1, -0.05) is 90.3 Å². The highest BCUT2D eigenvalue weighted by Gasteiger charge is 2.78. The number of aliphatic hydroxyl groups is 6. The molecule has 13 nitrogen and oxygen atoms in total. The standard InChI is InChI=1S/C51H69NO12S2/c1-3-60-41(56)21-17-33-27-34-22-25-61-43(34)45-44(33)63-47-51(59)42-35(16-19-38(54)37(42)29-53)28-49(58,46(51)57)50(64-47)30-65-66-48(23-8-12-36(48)18-15-32-10-5-4-6-11-32)39(52-24-26-62-45)20-14-31(2)9-7-13-40(50)55/h4-6,10-11,16,19,22,25,27,31,35-40,42,46-47,52-55,57-59H,3,7-9,12-15,17-18,20-21,23-24,26,28-30H2,1-2H3/t31-,35-,36-,37-,38+,39-,40+,42-,46-,47+,48+,49-,50+,51+/m0/s1. The number of aliphatic hydroxyl groups excluding tert-OH is 4. The molecule has 3 aromatic rings. The van der Waals surface area contributed by atoms with Crippen molar-refractivity contribution in [2.45, 2.75) is 150 Å². The predicted octanol–water partition coefficient (Wildman–Crippen LogP) is 6.27.